The number of rotatable bonds is 8. The van der Waals surface area contributed by atoms with Crippen LogP contribution in [0, 0.1) is 0 Å². The Morgan fingerprint density at radius 1 is 0.864 bits per heavy atom. The van der Waals surface area contributed by atoms with Crippen LogP contribution >= 0.6 is 0 Å². The third-order valence-electron chi connectivity index (χ3n) is 4.46. The van der Waals surface area contributed by atoms with Gasteiger partial charge in [0.25, 0.3) is 0 Å². The fourth-order valence-electron chi connectivity index (χ4n) is 3.06. The SMILES string of the molecule is CCCCCCCCCC1OC[C@H]2O[C@H](O)[C@H](O)[C@@H](O)[C@@H]2O1. The van der Waals surface area contributed by atoms with E-state index in [1.54, 1.807) is 0 Å². The predicted molar refractivity (Wildman–Crippen MR) is 80.1 cm³/mol. The molecule has 2 aliphatic heterocycles. The summed E-state index contributed by atoms with van der Waals surface area (Å²) in [5, 5.41) is 29.1. The Kier molecular flexibility index (Phi) is 7.53. The lowest BCUT2D eigenvalue weighted by atomic mass is 9.98. The van der Waals surface area contributed by atoms with E-state index in [9.17, 15) is 15.3 Å². The Balaban J connectivity index is 1.64. The fraction of sp³-hybridized carbons (Fsp3) is 1.00. The molecule has 0 aromatic heterocycles. The van der Waals surface area contributed by atoms with Gasteiger partial charge >= 0.3 is 0 Å². The normalized spacial score (nSPS) is 38.7. The monoisotopic (exact) mass is 318 g/mol. The molecule has 2 fully saturated rings. The van der Waals surface area contributed by atoms with E-state index in [1.807, 2.05) is 0 Å². The zero-order valence-electron chi connectivity index (χ0n) is 13.4. The number of aliphatic hydroxyl groups is 3. The molecule has 0 aromatic rings. The molecule has 2 aliphatic rings. The van der Waals surface area contributed by atoms with Crippen molar-refractivity contribution in [3.05, 3.63) is 0 Å². The number of unbranched alkanes of at least 4 members (excludes halogenated alkanes) is 6. The highest BCUT2D eigenvalue weighted by Crippen LogP contribution is 2.29. The summed E-state index contributed by atoms with van der Waals surface area (Å²) in [6.07, 6.45) is 3.95. The van der Waals surface area contributed by atoms with Gasteiger partial charge in [0, 0.05) is 0 Å². The second kappa shape index (κ2) is 9.15. The Hall–Kier alpha value is -0.240. The van der Waals surface area contributed by atoms with Gasteiger partial charge in [-0.1, -0.05) is 45.4 Å². The van der Waals surface area contributed by atoms with Crippen LogP contribution < -0.4 is 0 Å². The summed E-state index contributed by atoms with van der Waals surface area (Å²) in [7, 11) is 0. The molecule has 0 bridgehead atoms. The van der Waals surface area contributed by atoms with Gasteiger partial charge in [0.15, 0.2) is 12.6 Å². The minimum atomic E-state index is -1.39. The average molecular weight is 318 g/mol. The van der Waals surface area contributed by atoms with E-state index in [0.29, 0.717) is 0 Å². The van der Waals surface area contributed by atoms with E-state index >= 15 is 0 Å². The molecule has 22 heavy (non-hydrogen) atoms. The molecular formula is C16H30O6. The van der Waals surface area contributed by atoms with Crippen molar-refractivity contribution in [1.29, 1.82) is 0 Å². The number of hydrogen-bond acceptors (Lipinski definition) is 6. The first-order valence-electron chi connectivity index (χ1n) is 8.60. The molecule has 0 radical (unpaired) electrons. The van der Waals surface area contributed by atoms with Gasteiger partial charge in [-0.05, 0) is 12.8 Å². The summed E-state index contributed by atoms with van der Waals surface area (Å²) in [5.74, 6) is 0. The highest BCUT2D eigenvalue weighted by molar-refractivity contribution is 4.91. The van der Waals surface area contributed by atoms with Gasteiger partial charge in [-0.3, -0.25) is 0 Å². The Morgan fingerprint density at radius 3 is 2.27 bits per heavy atom. The number of hydrogen-bond donors (Lipinski definition) is 3. The van der Waals surface area contributed by atoms with Gasteiger partial charge in [0.05, 0.1) is 6.61 Å². The van der Waals surface area contributed by atoms with E-state index in [2.05, 4.69) is 6.92 Å². The van der Waals surface area contributed by atoms with E-state index in [4.69, 9.17) is 14.2 Å². The summed E-state index contributed by atoms with van der Waals surface area (Å²) in [6, 6.07) is 0. The first-order chi connectivity index (χ1) is 10.6. The van der Waals surface area contributed by atoms with E-state index in [0.717, 1.165) is 19.3 Å². The quantitative estimate of drug-likeness (QED) is 0.585. The molecule has 2 saturated heterocycles. The van der Waals surface area contributed by atoms with Crippen LogP contribution in [0.15, 0.2) is 0 Å². The first-order valence-corrected chi connectivity index (χ1v) is 8.60. The first kappa shape index (κ1) is 18.1. The molecule has 2 heterocycles. The highest BCUT2D eigenvalue weighted by atomic mass is 16.7. The van der Waals surface area contributed by atoms with Crippen molar-refractivity contribution in [3.8, 4) is 0 Å². The van der Waals surface area contributed by atoms with Crippen molar-refractivity contribution >= 4 is 0 Å². The summed E-state index contributed by atoms with van der Waals surface area (Å²) in [5.41, 5.74) is 0. The molecule has 1 unspecified atom stereocenters. The molecule has 6 atom stereocenters. The van der Waals surface area contributed by atoms with Crippen molar-refractivity contribution in [2.45, 2.75) is 95.3 Å². The second-order valence-corrected chi connectivity index (χ2v) is 6.32. The van der Waals surface area contributed by atoms with E-state index in [1.165, 1.54) is 32.1 Å². The van der Waals surface area contributed by atoms with Gasteiger partial charge < -0.3 is 29.5 Å². The maximum absolute atomic E-state index is 9.98. The van der Waals surface area contributed by atoms with Crippen molar-refractivity contribution in [2.75, 3.05) is 6.61 Å². The lowest BCUT2D eigenvalue weighted by Gasteiger charge is -2.45. The van der Waals surface area contributed by atoms with Crippen LogP contribution in [-0.4, -0.2) is 58.9 Å². The van der Waals surface area contributed by atoms with Gasteiger partial charge in [-0.25, -0.2) is 0 Å². The van der Waals surface area contributed by atoms with Crippen molar-refractivity contribution in [2.24, 2.45) is 0 Å². The summed E-state index contributed by atoms with van der Waals surface area (Å²) in [4.78, 5) is 0. The predicted octanol–water partition coefficient (Wildman–Crippen LogP) is 1.31. The molecule has 0 amide bonds. The minimum absolute atomic E-state index is 0.271. The number of fused-ring (bicyclic) bond motifs is 1. The maximum Gasteiger partial charge on any atom is 0.184 e. The van der Waals surface area contributed by atoms with Crippen LogP contribution in [0.2, 0.25) is 0 Å². The molecule has 6 nitrogen and oxygen atoms in total. The topological polar surface area (TPSA) is 88.4 Å². The zero-order valence-corrected chi connectivity index (χ0v) is 13.4. The van der Waals surface area contributed by atoms with Gasteiger partial charge in [-0.15, -0.1) is 0 Å². The van der Waals surface area contributed by atoms with Crippen molar-refractivity contribution < 1.29 is 29.5 Å². The number of ether oxygens (including phenoxy) is 3. The molecule has 2 rings (SSSR count). The van der Waals surface area contributed by atoms with E-state index < -0.39 is 30.7 Å². The minimum Gasteiger partial charge on any atom is -0.387 e. The van der Waals surface area contributed by atoms with Crippen LogP contribution in [-0.2, 0) is 14.2 Å². The fourth-order valence-corrected chi connectivity index (χ4v) is 3.06. The van der Waals surface area contributed by atoms with Crippen LogP contribution in [0.1, 0.15) is 58.3 Å². The summed E-state index contributed by atoms with van der Waals surface area (Å²) >= 11 is 0. The molecule has 6 heteroatoms. The molecule has 3 N–H and O–H groups in total. The van der Waals surface area contributed by atoms with Gasteiger partial charge in [-0.2, -0.15) is 0 Å². The summed E-state index contributed by atoms with van der Waals surface area (Å²) < 4.78 is 16.5. The maximum atomic E-state index is 9.98. The zero-order chi connectivity index (χ0) is 15.9. The Labute approximate surface area is 132 Å². The van der Waals surface area contributed by atoms with Crippen molar-refractivity contribution in [1.82, 2.24) is 0 Å². The van der Waals surface area contributed by atoms with Gasteiger partial charge in [0.2, 0.25) is 0 Å². The third kappa shape index (κ3) is 4.88. The molecule has 0 aliphatic carbocycles. The molecule has 0 spiro atoms. The Bertz CT molecular complexity index is 311. The molecule has 0 aromatic carbocycles. The molecular weight excluding hydrogens is 288 g/mol. The summed E-state index contributed by atoms with van der Waals surface area (Å²) in [6.45, 7) is 2.48. The van der Waals surface area contributed by atoms with Gasteiger partial charge in [0.1, 0.15) is 24.4 Å². The third-order valence-corrected chi connectivity index (χ3v) is 4.46. The Morgan fingerprint density at radius 2 is 1.55 bits per heavy atom. The lowest BCUT2D eigenvalue weighted by Crippen LogP contribution is -2.62. The lowest BCUT2D eigenvalue weighted by molar-refractivity contribution is -0.352. The highest BCUT2D eigenvalue weighted by Gasteiger charge is 2.47. The molecule has 0 saturated carbocycles. The van der Waals surface area contributed by atoms with Crippen LogP contribution in [0.4, 0.5) is 0 Å². The van der Waals surface area contributed by atoms with E-state index in [-0.39, 0.29) is 12.9 Å². The smallest absolute Gasteiger partial charge is 0.184 e. The standard InChI is InChI=1S/C16H30O6/c1-2-3-4-5-6-7-8-9-12-20-10-11-15(22-12)13(17)14(18)16(19)21-11/h11-19H,2-10H2,1H3/t11-,12?,13-,14-,15-,16+/m1/s1. The second-order valence-electron chi connectivity index (χ2n) is 6.32. The van der Waals surface area contributed by atoms with Crippen LogP contribution in [0.3, 0.4) is 0 Å². The van der Waals surface area contributed by atoms with Crippen LogP contribution in [0.25, 0.3) is 0 Å². The number of aliphatic hydroxyl groups excluding tert-OH is 3. The largest absolute Gasteiger partial charge is 0.387 e. The average Bonchev–Trinajstić information content (AvgIpc) is 2.52. The molecule has 130 valence electrons. The van der Waals surface area contributed by atoms with Crippen molar-refractivity contribution in [3.63, 3.8) is 0 Å². The van der Waals surface area contributed by atoms with Crippen LogP contribution in [0.5, 0.6) is 0 Å².